The largest absolute Gasteiger partial charge is 0.457 e. The number of benzene rings is 5. The predicted octanol–water partition coefficient (Wildman–Crippen LogP) is 11.2. The molecule has 0 aliphatic carbocycles. The highest BCUT2D eigenvalue weighted by Gasteiger charge is 2.18. The van der Waals surface area contributed by atoms with Crippen molar-refractivity contribution in [2.24, 2.45) is 0 Å². The van der Waals surface area contributed by atoms with Crippen molar-refractivity contribution in [3.05, 3.63) is 157 Å². The Labute approximate surface area is 280 Å². The minimum absolute atomic E-state index is 0.390. The van der Waals surface area contributed by atoms with E-state index in [-0.39, 0.29) is 0 Å². The lowest BCUT2D eigenvalue weighted by atomic mass is 10.0. The topological polar surface area (TPSA) is 44.9 Å². The van der Waals surface area contributed by atoms with Crippen LogP contribution in [0.2, 0.25) is 0 Å². The van der Waals surface area contributed by atoms with Crippen LogP contribution in [0.3, 0.4) is 0 Å². The van der Waals surface area contributed by atoms with E-state index in [0.717, 1.165) is 56.4 Å². The fourth-order valence-corrected chi connectivity index (χ4v) is 6.77. The van der Waals surface area contributed by atoms with E-state index in [4.69, 9.17) is 14.8 Å². The van der Waals surface area contributed by atoms with Crippen LogP contribution in [0.15, 0.2) is 140 Å². The molecule has 5 heteroatoms. The lowest BCUT2D eigenvalue weighted by molar-refractivity contribution is 0.482. The van der Waals surface area contributed by atoms with E-state index in [1.807, 2.05) is 35.1 Å². The fraction of sp³-hybridized carbons (Fsp3) is 0.116. The van der Waals surface area contributed by atoms with Gasteiger partial charge in [0.1, 0.15) is 17.3 Å². The second-order valence-electron chi connectivity index (χ2n) is 12.6. The van der Waals surface area contributed by atoms with Gasteiger partial charge in [-0.3, -0.25) is 4.57 Å². The van der Waals surface area contributed by atoms with E-state index >= 15 is 0 Å². The molecule has 0 spiro atoms. The Hall–Kier alpha value is -5.94. The smallest absolute Gasteiger partial charge is 0.137 e. The van der Waals surface area contributed by atoms with Gasteiger partial charge in [0.2, 0.25) is 0 Å². The van der Waals surface area contributed by atoms with E-state index in [9.17, 15) is 0 Å². The maximum absolute atomic E-state index is 6.58. The summed E-state index contributed by atoms with van der Waals surface area (Å²) in [6, 6.07) is 46.4. The third-order valence-corrected chi connectivity index (χ3v) is 9.16. The second kappa shape index (κ2) is 12.0. The van der Waals surface area contributed by atoms with E-state index in [1.165, 1.54) is 27.6 Å². The lowest BCUT2D eigenvalue weighted by Crippen LogP contribution is -2.00. The Balaban J connectivity index is 1.22. The fourth-order valence-electron chi connectivity index (χ4n) is 6.77. The summed E-state index contributed by atoms with van der Waals surface area (Å²) in [5.74, 6) is 2.79. The monoisotopic (exact) mass is 624 g/mol. The van der Waals surface area contributed by atoms with E-state index in [0.29, 0.717) is 5.92 Å². The summed E-state index contributed by atoms with van der Waals surface area (Å²) in [6.07, 6.45) is 1.91. The van der Waals surface area contributed by atoms with Gasteiger partial charge >= 0.3 is 0 Å². The summed E-state index contributed by atoms with van der Waals surface area (Å²) in [6.45, 7) is 8.61. The third-order valence-electron chi connectivity index (χ3n) is 9.16. The first-order valence-corrected chi connectivity index (χ1v) is 16.4. The van der Waals surface area contributed by atoms with Crippen LogP contribution >= 0.6 is 0 Å². The number of fused-ring (bicyclic) bond motifs is 3. The Morgan fingerprint density at radius 2 is 1.35 bits per heavy atom. The number of hydrogen-bond acceptors (Lipinski definition) is 3. The van der Waals surface area contributed by atoms with Crippen LogP contribution in [0, 0.1) is 13.8 Å². The molecule has 0 fully saturated rings. The van der Waals surface area contributed by atoms with Gasteiger partial charge in [-0.2, -0.15) is 5.10 Å². The molecule has 3 heterocycles. The standard InChI is InChI=1S/C43H36N4O/c1-28(2)33-22-23-44-42(25-33)46-40-21-18-34(31-12-7-5-8-13-31)24-39(40)38-20-19-37(27-41(38)46)48-36-17-11-16-35(26-36)47-30(4)43(29(3)45-47)32-14-9-6-10-15-32/h5-28H,1-4H3. The minimum atomic E-state index is 0.390. The van der Waals surface area contributed by atoms with Crippen molar-refractivity contribution in [3.8, 4) is 45.3 Å². The van der Waals surface area contributed by atoms with E-state index < -0.39 is 0 Å². The number of nitrogens with zero attached hydrogens (tertiary/aromatic N) is 4. The van der Waals surface area contributed by atoms with Crippen LogP contribution in [0.1, 0.15) is 36.7 Å². The van der Waals surface area contributed by atoms with Gasteiger partial charge in [0, 0.05) is 40.4 Å². The summed E-state index contributed by atoms with van der Waals surface area (Å²) in [7, 11) is 0. The van der Waals surface area contributed by atoms with Crippen LogP contribution < -0.4 is 4.74 Å². The average molecular weight is 625 g/mol. The van der Waals surface area contributed by atoms with Crippen molar-refractivity contribution in [1.82, 2.24) is 19.3 Å². The summed E-state index contributed by atoms with van der Waals surface area (Å²) < 4.78 is 10.8. The first kappa shape index (κ1) is 29.5. The van der Waals surface area contributed by atoms with Gasteiger partial charge in [0.25, 0.3) is 0 Å². The number of aryl methyl sites for hydroxylation is 1. The molecule has 0 atom stereocenters. The quantitative estimate of drug-likeness (QED) is 0.177. The van der Waals surface area contributed by atoms with Crippen molar-refractivity contribution < 1.29 is 4.74 Å². The summed E-state index contributed by atoms with van der Waals surface area (Å²) in [5, 5.41) is 7.24. The minimum Gasteiger partial charge on any atom is -0.457 e. The number of hydrogen-bond donors (Lipinski definition) is 0. The lowest BCUT2D eigenvalue weighted by Gasteiger charge is -2.12. The van der Waals surface area contributed by atoms with Gasteiger partial charge in [-0.1, -0.05) is 86.6 Å². The number of rotatable bonds is 7. The zero-order valence-corrected chi connectivity index (χ0v) is 27.6. The molecule has 0 radical (unpaired) electrons. The molecule has 8 rings (SSSR count). The summed E-state index contributed by atoms with van der Waals surface area (Å²) in [4.78, 5) is 4.86. The predicted molar refractivity (Wildman–Crippen MR) is 197 cm³/mol. The summed E-state index contributed by atoms with van der Waals surface area (Å²) >= 11 is 0. The number of aromatic nitrogens is 4. The first-order chi connectivity index (χ1) is 23.4. The molecule has 0 bridgehead atoms. The first-order valence-electron chi connectivity index (χ1n) is 16.4. The molecule has 8 aromatic rings. The number of pyridine rings is 1. The van der Waals surface area contributed by atoms with Crippen LogP contribution in [0.4, 0.5) is 0 Å². The maximum atomic E-state index is 6.58. The molecule has 0 amide bonds. The highest BCUT2D eigenvalue weighted by molar-refractivity contribution is 6.10. The van der Waals surface area contributed by atoms with Crippen molar-refractivity contribution in [2.45, 2.75) is 33.6 Å². The Morgan fingerprint density at radius 1 is 0.604 bits per heavy atom. The van der Waals surface area contributed by atoms with Crippen LogP contribution in [-0.4, -0.2) is 19.3 Å². The van der Waals surface area contributed by atoms with Gasteiger partial charge in [-0.15, -0.1) is 0 Å². The van der Waals surface area contributed by atoms with Gasteiger partial charge in [-0.25, -0.2) is 9.67 Å². The second-order valence-corrected chi connectivity index (χ2v) is 12.6. The molecule has 5 aromatic carbocycles. The normalized spacial score (nSPS) is 11.5. The zero-order valence-electron chi connectivity index (χ0n) is 27.6. The van der Waals surface area contributed by atoms with Crippen molar-refractivity contribution in [3.63, 3.8) is 0 Å². The molecule has 0 saturated carbocycles. The van der Waals surface area contributed by atoms with Gasteiger partial charge in [0.05, 0.1) is 22.4 Å². The molecule has 234 valence electrons. The maximum Gasteiger partial charge on any atom is 0.137 e. The molecule has 48 heavy (non-hydrogen) atoms. The Kier molecular flexibility index (Phi) is 7.37. The van der Waals surface area contributed by atoms with Crippen molar-refractivity contribution in [2.75, 3.05) is 0 Å². The van der Waals surface area contributed by atoms with E-state index in [2.05, 4.69) is 141 Å². The van der Waals surface area contributed by atoms with Crippen molar-refractivity contribution in [1.29, 1.82) is 0 Å². The summed E-state index contributed by atoms with van der Waals surface area (Å²) in [5.41, 5.74) is 11.1. The molecule has 0 unspecified atom stereocenters. The van der Waals surface area contributed by atoms with Crippen molar-refractivity contribution >= 4 is 21.8 Å². The molecule has 0 N–H and O–H groups in total. The van der Waals surface area contributed by atoms with Crippen LogP contribution in [-0.2, 0) is 0 Å². The molecule has 3 aromatic heterocycles. The Morgan fingerprint density at radius 3 is 2.12 bits per heavy atom. The average Bonchev–Trinajstić information content (AvgIpc) is 3.61. The molecule has 5 nitrogen and oxygen atoms in total. The van der Waals surface area contributed by atoms with E-state index in [1.54, 1.807) is 0 Å². The Bertz CT molecular complexity index is 2420. The van der Waals surface area contributed by atoms with Gasteiger partial charge < -0.3 is 4.74 Å². The molecule has 0 saturated heterocycles. The third kappa shape index (κ3) is 5.23. The highest BCUT2D eigenvalue weighted by atomic mass is 16.5. The van der Waals surface area contributed by atoms with Crippen LogP contribution in [0.5, 0.6) is 11.5 Å². The van der Waals surface area contributed by atoms with Gasteiger partial charge in [0.15, 0.2) is 0 Å². The molecule has 0 aliphatic rings. The zero-order chi connectivity index (χ0) is 32.8. The number of ether oxygens (including phenoxy) is 1. The van der Waals surface area contributed by atoms with Crippen LogP contribution in [0.25, 0.3) is 55.6 Å². The molecule has 0 aliphatic heterocycles. The van der Waals surface area contributed by atoms with Gasteiger partial charge in [-0.05, 0) is 90.6 Å². The highest BCUT2D eigenvalue weighted by Crippen LogP contribution is 2.38. The molecular weight excluding hydrogens is 589 g/mol. The molecular formula is C43H36N4O. The SMILES string of the molecule is Cc1nn(-c2cccc(Oc3ccc4c5cc(-c6ccccc6)ccc5n(-c5cc(C(C)C)ccn5)c4c3)c2)c(C)c1-c1ccccc1.